The first kappa shape index (κ1) is 15.0. The van der Waals surface area contributed by atoms with Crippen molar-refractivity contribution in [2.75, 3.05) is 0 Å². The van der Waals surface area contributed by atoms with Gasteiger partial charge in [-0.2, -0.15) is 0 Å². The summed E-state index contributed by atoms with van der Waals surface area (Å²) >= 11 is 0. The predicted octanol–water partition coefficient (Wildman–Crippen LogP) is 5.52. The van der Waals surface area contributed by atoms with Gasteiger partial charge in [0.2, 0.25) is 0 Å². The molecule has 0 amide bonds. The minimum Gasteiger partial charge on any atom is -0.0651 e. The number of hydrogen-bond donors (Lipinski definition) is 0. The van der Waals surface area contributed by atoms with Gasteiger partial charge in [0.1, 0.15) is 0 Å². The fraction of sp³-hybridized carbons (Fsp3) is 1.00. The Hall–Kier alpha value is 0. The summed E-state index contributed by atoms with van der Waals surface area (Å²) in [4.78, 5) is 0. The summed E-state index contributed by atoms with van der Waals surface area (Å²) in [5, 5.41) is 0. The molecular weight excluding hydrogens is 180 g/mol. The molecule has 0 saturated heterocycles. The third kappa shape index (κ3) is 6.22. The molecule has 0 aromatic heterocycles. The molecule has 0 fully saturated rings. The van der Waals surface area contributed by atoms with E-state index in [1.165, 1.54) is 32.1 Å². The van der Waals surface area contributed by atoms with Crippen LogP contribution in [-0.4, -0.2) is 0 Å². The molecule has 0 aromatic carbocycles. The van der Waals surface area contributed by atoms with E-state index in [9.17, 15) is 0 Å². The van der Waals surface area contributed by atoms with Crippen LogP contribution in [0.3, 0.4) is 0 Å². The quantitative estimate of drug-likeness (QED) is 0.497. The Morgan fingerprint density at radius 3 is 1.53 bits per heavy atom. The zero-order valence-corrected chi connectivity index (χ0v) is 11.8. The lowest BCUT2D eigenvalue weighted by atomic mass is 9.79. The lowest BCUT2D eigenvalue weighted by Gasteiger charge is -2.27. The monoisotopic (exact) mass is 212 g/mol. The number of hydrogen-bond acceptors (Lipinski definition) is 0. The molecule has 0 aliphatic heterocycles. The molecule has 0 N–H and O–H groups in total. The fourth-order valence-electron chi connectivity index (χ4n) is 2.48. The molecule has 0 nitrogen and oxygen atoms in total. The average molecular weight is 212 g/mol. The highest BCUT2D eigenvalue weighted by molar-refractivity contribution is 4.70. The SMILES string of the molecule is CCC(C)CC(C)C(CC)CC(C)CC. The molecule has 0 spiro atoms. The molecule has 0 aliphatic carbocycles. The molecule has 4 atom stereocenters. The van der Waals surface area contributed by atoms with Crippen molar-refractivity contribution < 1.29 is 0 Å². The van der Waals surface area contributed by atoms with E-state index < -0.39 is 0 Å². The Labute approximate surface area is 97.8 Å². The topological polar surface area (TPSA) is 0 Å². The molecule has 0 radical (unpaired) electrons. The molecular formula is C15H32. The Kier molecular flexibility index (Phi) is 8.19. The molecule has 0 aliphatic rings. The van der Waals surface area contributed by atoms with Gasteiger partial charge in [0, 0.05) is 0 Å². The first-order valence-electron chi connectivity index (χ1n) is 7.04. The Morgan fingerprint density at radius 1 is 0.667 bits per heavy atom. The second-order valence-corrected chi connectivity index (χ2v) is 5.64. The van der Waals surface area contributed by atoms with Crippen LogP contribution in [0.1, 0.15) is 73.6 Å². The van der Waals surface area contributed by atoms with Crippen LogP contribution in [-0.2, 0) is 0 Å². The van der Waals surface area contributed by atoms with Crippen LogP contribution in [0.25, 0.3) is 0 Å². The van der Waals surface area contributed by atoms with E-state index in [2.05, 4.69) is 41.5 Å². The first-order valence-corrected chi connectivity index (χ1v) is 7.04. The zero-order chi connectivity index (χ0) is 11.8. The van der Waals surface area contributed by atoms with Gasteiger partial charge in [-0.15, -0.1) is 0 Å². The van der Waals surface area contributed by atoms with E-state index in [-0.39, 0.29) is 0 Å². The van der Waals surface area contributed by atoms with Gasteiger partial charge in [-0.3, -0.25) is 0 Å². The normalized spacial score (nSPS) is 19.6. The Morgan fingerprint density at radius 2 is 1.13 bits per heavy atom. The van der Waals surface area contributed by atoms with Gasteiger partial charge in [0.25, 0.3) is 0 Å². The van der Waals surface area contributed by atoms with E-state index in [0.29, 0.717) is 0 Å². The average Bonchev–Trinajstić information content (AvgIpc) is 2.24. The maximum Gasteiger partial charge on any atom is -0.0388 e. The molecule has 0 heterocycles. The van der Waals surface area contributed by atoms with E-state index in [1.807, 2.05) is 0 Å². The summed E-state index contributed by atoms with van der Waals surface area (Å²) < 4.78 is 0. The molecule has 4 unspecified atom stereocenters. The van der Waals surface area contributed by atoms with Gasteiger partial charge in [0.15, 0.2) is 0 Å². The van der Waals surface area contributed by atoms with Crippen molar-refractivity contribution in [2.45, 2.75) is 73.6 Å². The fourth-order valence-corrected chi connectivity index (χ4v) is 2.48. The predicted molar refractivity (Wildman–Crippen MR) is 71.1 cm³/mol. The van der Waals surface area contributed by atoms with Gasteiger partial charge in [0.05, 0.1) is 0 Å². The molecule has 92 valence electrons. The van der Waals surface area contributed by atoms with Crippen molar-refractivity contribution >= 4 is 0 Å². The zero-order valence-electron chi connectivity index (χ0n) is 11.8. The standard InChI is InChI=1S/C15H32/c1-7-12(4)10-14(6)15(9-3)11-13(5)8-2/h12-15H,7-11H2,1-6H3. The maximum atomic E-state index is 2.46. The highest BCUT2D eigenvalue weighted by Gasteiger charge is 2.19. The van der Waals surface area contributed by atoms with Gasteiger partial charge in [-0.25, -0.2) is 0 Å². The van der Waals surface area contributed by atoms with Crippen molar-refractivity contribution in [3.63, 3.8) is 0 Å². The minimum atomic E-state index is 0.908. The van der Waals surface area contributed by atoms with E-state index in [4.69, 9.17) is 0 Å². The molecule has 0 saturated carbocycles. The third-order valence-electron chi connectivity index (χ3n) is 4.20. The summed E-state index contributed by atoms with van der Waals surface area (Å²) in [5.74, 6) is 3.69. The lowest BCUT2D eigenvalue weighted by molar-refractivity contribution is 0.240. The van der Waals surface area contributed by atoms with Crippen LogP contribution in [0.2, 0.25) is 0 Å². The van der Waals surface area contributed by atoms with Gasteiger partial charge in [-0.05, 0) is 36.5 Å². The summed E-state index contributed by atoms with van der Waals surface area (Å²) in [6.45, 7) is 14.2. The molecule has 0 bridgehead atoms. The minimum absolute atomic E-state index is 0.908. The van der Waals surface area contributed by atoms with E-state index in [0.717, 1.165) is 23.7 Å². The smallest absolute Gasteiger partial charge is 0.0388 e. The summed E-state index contributed by atoms with van der Waals surface area (Å²) in [5.41, 5.74) is 0. The number of rotatable bonds is 8. The second kappa shape index (κ2) is 8.19. The molecule has 0 aromatic rings. The van der Waals surface area contributed by atoms with Crippen LogP contribution >= 0.6 is 0 Å². The highest BCUT2D eigenvalue weighted by atomic mass is 14.2. The van der Waals surface area contributed by atoms with Crippen molar-refractivity contribution in [3.05, 3.63) is 0 Å². The van der Waals surface area contributed by atoms with Gasteiger partial charge >= 0.3 is 0 Å². The van der Waals surface area contributed by atoms with Crippen molar-refractivity contribution in [2.24, 2.45) is 23.7 Å². The van der Waals surface area contributed by atoms with Crippen LogP contribution in [0.5, 0.6) is 0 Å². The summed E-state index contributed by atoms with van der Waals surface area (Å²) in [7, 11) is 0. The Balaban J connectivity index is 4.03. The molecule has 15 heavy (non-hydrogen) atoms. The lowest BCUT2D eigenvalue weighted by Crippen LogP contribution is -2.16. The second-order valence-electron chi connectivity index (χ2n) is 5.64. The van der Waals surface area contributed by atoms with Crippen LogP contribution in [0, 0.1) is 23.7 Å². The van der Waals surface area contributed by atoms with Crippen LogP contribution in [0.4, 0.5) is 0 Å². The Bertz CT molecular complexity index is 139. The van der Waals surface area contributed by atoms with Crippen molar-refractivity contribution in [1.29, 1.82) is 0 Å². The maximum absolute atomic E-state index is 2.46. The van der Waals surface area contributed by atoms with Crippen LogP contribution < -0.4 is 0 Å². The highest BCUT2D eigenvalue weighted by Crippen LogP contribution is 2.30. The molecule has 0 heteroatoms. The van der Waals surface area contributed by atoms with E-state index >= 15 is 0 Å². The summed E-state index contributed by atoms with van der Waals surface area (Å²) in [6, 6.07) is 0. The van der Waals surface area contributed by atoms with Crippen molar-refractivity contribution in [3.8, 4) is 0 Å². The van der Waals surface area contributed by atoms with Crippen LogP contribution in [0.15, 0.2) is 0 Å². The summed E-state index contributed by atoms with van der Waals surface area (Å²) in [6.07, 6.45) is 6.90. The third-order valence-corrected chi connectivity index (χ3v) is 4.20. The van der Waals surface area contributed by atoms with E-state index in [1.54, 1.807) is 0 Å². The first-order chi connectivity index (χ1) is 7.04. The van der Waals surface area contributed by atoms with Crippen molar-refractivity contribution in [1.82, 2.24) is 0 Å². The molecule has 0 rings (SSSR count). The van der Waals surface area contributed by atoms with Gasteiger partial charge < -0.3 is 0 Å². The largest absolute Gasteiger partial charge is 0.0651 e. The van der Waals surface area contributed by atoms with Gasteiger partial charge in [-0.1, -0.05) is 60.8 Å².